The Bertz CT molecular complexity index is 575. The van der Waals surface area contributed by atoms with Crippen molar-refractivity contribution in [3.8, 4) is 18.1 Å². The first-order valence-corrected chi connectivity index (χ1v) is 6.44. The largest absolute Gasteiger partial charge is 0.491 e. The van der Waals surface area contributed by atoms with Gasteiger partial charge in [-0.2, -0.15) is 0 Å². The lowest BCUT2D eigenvalue weighted by atomic mass is 10.2. The fourth-order valence-electron chi connectivity index (χ4n) is 1.72. The van der Waals surface area contributed by atoms with Crippen LogP contribution in [0.5, 0.6) is 5.75 Å². The summed E-state index contributed by atoms with van der Waals surface area (Å²) in [6.07, 6.45) is 4.75. The van der Waals surface area contributed by atoms with Crippen molar-refractivity contribution >= 4 is 5.69 Å². The Hall–Kier alpha value is -2.44. The minimum Gasteiger partial charge on any atom is -0.491 e. The van der Waals surface area contributed by atoms with E-state index in [1.807, 2.05) is 54.6 Å². The first-order valence-electron chi connectivity index (χ1n) is 6.44. The lowest BCUT2D eigenvalue weighted by Crippen LogP contribution is -2.26. The van der Waals surface area contributed by atoms with E-state index in [2.05, 4.69) is 11.2 Å². The standard InChI is InChI=1S/C17H17NO2/c1-2-14-7-6-8-15(11-14)18-12-16(19)13-20-17-9-4-3-5-10-17/h1,3-11,16,18-19H,12-13H2. The van der Waals surface area contributed by atoms with Gasteiger partial charge in [-0.15, -0.1) is 6.42 Å². The van der Waals surface area contributed by atoms with E-state index < -0.39 is 6.10 Å². The predicted molar refractivity (Wildman–Crippen MR) is 80.8 cm³/mol. The SMILES string of the molecule is C#Cc1cccc(NCC(O)COc2ccccc2)c1. The topological polar surface area (TPSA) is 41.5 Å². The van der Waals surface area contributed by atoms with Gasteiger partial charge < -0.3 is 15.2 Å². The van der Waals surface area contributed by atoms with Gasteiger partial charge >= 0.3 is 0 Å². The Labute approximate surface area is 119 Å². The molecule has 2 aromatic carbocycles. The highest BCUT2D eigenvalue weighted by Gasteiger charge is 2.05. The molecule has 0 radical (unpaired) electrons. The van der Waals surface area contributed by atoms with Gasteiger partial charge in [-0.05, 0) is 30.3 Å². The maximum atomic E-state index is 9.87. The smallest absolute Gasteiger partial charge is 0.119 e. The van der Waals surface area contributed by atoms with Crippen molar-refractivity contribution in [3.05, 3.63) is 60.2 Å². The Morgan fingerprint density at radius 3 is 2.70 bits per heavy atom. The molecular weight excluding hydrogens is 250 g/mol. The van der Waals surface area contributed by atoms with E-state index in [0.717, 1.165) is 17.0 Å². The zero-order valence-electron chi connectivity index (χ0n) is 11.1. The Kier molecular flexibility index (Phi) is 5.05. The highest BCUT2D eigenvalue weighted by molar-refractivity contribution is 5.49. The molecule has 1 atom stereocenters. The third-order valence-electron chi connectivity index (χ3n) is 2.76. The summed E-state index contributed by atoms with van der Waals surface area (Å²) in [6.45, 7) is 0.646. The summed E-state index contributed by atoms with van der Waals surface area (Å²) in [5, 5.41) is 13.0. The average molecular weight is 267 g/mol. The first kappa shape index (κ1) is 14.0. The number of anilines is 1. The van der Waals surface area contributed by atoms with Gasteiger partial charge in [0.25, 0.3) is 0 Å². The molecule has 0 heterocycles. The Balaban J connectivity index is 1.77. The fraction of sp³-hybridized carbons (Fsp3) is 0.176. The van der Waals surface area contributed by atoms with Crippen molar-refractivity contribution in [3.63, 3.8) is 0 Å². The molecule has 2 aromatic rings. The molecule has 1 unspecified atom stereocenters. The predicted octanol–water partition coefficient (Wildman–Crippen LogP) is 2.52. The van der Waals surface area contributed by atoms with Crippen LogP contribution in [0.2, 0.25) is 0 Å². The molecule has 20 heavy (non-hydrogen) atoms. The van der Waals surface area contributed by atoms with E-state index in [1.54, 1.807) is 0 Å². The number of benzene rings is 2. The highest BCUT2D eigenvalue weighted by Crippen LogP contribution is 2.11. The molecule has 3 nitrogen and oxygen atoms in total. The molecule has 102 valence electrons. The molecular formula is C17H17NO2. The number of para-hydroxylation sites is 1. The van der Waals surface area contributed by atoms with E-state index >= 15 is 0 Å². The number of nitrogens with one attached hydrogen (secondary N) is 1. The summed E-state index contributed by atoms with van der Waals surface area (Å²) in [5.41, 5.74) is 1.70. The highest BCUT2D eigenvalue weighted by atomic mass is 16.5. The van der Waals surface area contributed by atoms with Crippen LogP contribution >= 0.6 is 0 Å². The van der Waals surface area contributed by atoms with Gasteiger partial charge in [-0.3, -0.25) is 0 Å². The summed E-state index contributed by atoms with van der Waals surface area (Å²) in [4.78, 5) is 0. The first-order chi connectivity index (χ1) is 9.78. The molecule has 2 N–H and O–H groups in total. The van der Waals surface area contributed by atoms with Crippen molar-refractivity contribution in [1.29, 1.82) is 0 Å². The van der Waals surface area contributed by atoms with Crippen LogP contribution in [0.15, 0.2) is 54.6 Å². The van der Waals surface area contributed by atoms with Crippen molar-refractivity contribution in [2.45, 2.75) is 6.10 Å². The van der Waals surface area contributed by atoms with Crippen molar-refractivity contribution in [2.75, 3.05) is 18.5 Å². The minimum absolute atomic E-state index is 0.242. The number of hydrogen-bond acceptors (Lipinski definition) is 3. The van der Waals surface area contributed by atoms with Crippen LogP contribution < -0.4 is 10.1 Å². The second-order valence-electron chi connectivity index (χ2n) is 4.38. The second-order valence-corrected chi connectivity index (χ2v) is 4.38. The van der Waals surface area contributed by atoms with Crippen molar-refractivity contribution in [1.82, 2.24) is 0 Å². The molecule has 0 spiro atoms. The molecule has 0 fully saturated rings. The molecule has 2 rings (SSSR count). The quantitative estimate of drug-likeness (QED) is 0.790. The summed E-state index contributed by atoms with van der Waals surface area (Å²) in [6, 6.07) is 16.9. The second kappa shape index (κ2) is 7.22. The van der Waals surface area contributed by atoms with Gasteiger partial charge in [0.2, 0.25) is 0 Å². The lowest BCUT2D eigenvalue weighted by molar-refractivity contribution is 0.117. The molecule has 0 saturated heterocycles. The maximum Gasteiger partial charge on any atom is 0.119 e. The van der Waals surface area contributed by atoms with E-state index in [1.165, 1.54) is 0 Å². The van der Waals surface area contributed by atoms with Gasteiger partial charge in [-0.25, -0.2) is 0 Å². The molecule has 0 amide bonds. The van der Waals surface area contributed by atoms with Crippen molar-refractivity contribution < 1.29 is 9.84 Å². The van der Waals surface area contributed by atoms with Gasteiger partial charge in [0.05, 0.1) is 0 Å². The van der Waals surface area contributed by atoms with Crippen LogP contribution in [-0.2, 0) is 0 Å². The number of ether oxygens (including phenoxy) is 1. The van der Waals surface area contributed by atoms with Crippen LogP contribution in [-0.4, -0.2) is 24.4 Å². The summed E-state index contributed by atoms with van der Waals surface area (Å²) >= 11 is 0. The van der Waals surface area contributed by atoms with Crippen LogP contribution in [0.3, 0.4) is 0 Å². The normalized spacial score (nSPS) is 11.4. The number of aliphatic hydroxyl groups is 1. The zero-order chi connectivity index (χ0) is 14.2. The third-order valence-corrected chi connectivity index (χ3v) is 2.76. The molecule has 0 saturated carbocycles. The number of rotatable bonds is 6. The van der Waals surface area contributed by atoms with Crippen molar-refractivity contribution in [2.24, 2.45) is 0 Å². The van der Waals surface area contributed by atoms with Crippen LogP contribution in [0.25, 0.3) is 0 Å². The molecule has 0 aliphatic heterocycles. The van der Waals surface area contributed by atoms with E-state index in [9.17, 15) is 5.11 Å². The average Bonchev–Trinajstić information content (AvgIpc) is 2.52. The Morgan fingerprint density at radius 1 is 1.15 bits per heavy atom. The number of aliphatic hydroxyl groups excluding tert-OH is 1. The van der Waals surface area contributed by atoms with Gasteiger partial charge in [0.15, 0.2) is 0 Å². The third kappa shape index (κ3) is 4.34. The van der Waals surface area contributed by atoms with Crippen LogP contribution in [0.1, 0.15) is 5.56 Å². The van der Waals surface area contributed by atoms with Crippen LogP contribution in [0.4, 0.5) is 5.69 Å². The van der Waals surface area contributed by atoms with Gasteiger partial charge in [0, 0.05) is 17.8 Å². The molecule has 0 aliphatic carbocycles. The minimum atomic E-state index is -0.593. The lowest BCUT2D eigenvalue weighted by Gasteiger charge is -2.14. The summed E-state index contributed by atoms with van der Waals surface area (Å²) in [5.74, 6) is 3.33. The molecule has 0 bridgehead atoms. The van der Waals surface area contributed by atoms with E-state index in [0.29, 0.717) is 6.54 Å². The zero-order valence-corrected chi connectivity index (χ0v) is 11.1. The fourth-order valence-corrected chi connectivity index (χ4v) is 1.72. The molecule has 3 heteroatoms. The summed E-state index contributed by atoms with van der Waals surface area (Å²) < 4.78 is 5.48. The van der Waals surface area contributed by atoms with E-state index in [4.69, 9.17) is 11.2 Å². The molecule has 0 aromatic heterocycles. The maximum absolute atomic E-state index is 9.87. The van der Waals surface area contributed by atoms with Gasteiger partial charge in [-0.1, -0.05) is 30.2 Å². The monoisotopic (exact) mass is 267 g/mol. The number of terminal acetylenes is 1. The van der Waals surface area contributed by atoms with Gasteiger partial charge in [0.1, 0.15) is 18.5 Å². The summed E-state index contributed by atoms with van der Waals surface area (Å²) in [7, 11) is 0. The van der Waals surface area contributed by atoms with E-state index in [-0.39, 0.29) is 6.61 Å². The van der Waals surface area contributed by atoms with Crippen LogP contribution in [0, 0.1) is 12.3 Å². The molecule has 0 aliphatic rings. The Morgan fingerprint density at radius 2 is 1.95 bits per heavy atom. The number of hydrogen-bond donors (Lipinski definition) is 2.